The Balaban J connectivity index is 1.28. The topological polar surface area (TPSA) is 70.5 Å². The largest absolute Gasteiger partial charge is 0.353 e. The maximum Gasteiger partial charge on any atom is 0.229 e. The molecule has 0 radical (unpaired) electrons. The Kier molecular flexibility index (Phi) is 8.41. The third-order valence-corrected chi connectivity index (χ3v) is 7.29. The summed E-state index contributed by atoms with van der Waals surface area (Å²) in [5, 5.41) is 3.15. The molecule has 0 saturated heterocycles. The van der Waals surface area contributed by atoms with Crippen molar-refractivity contribution in [2.45, 2.75) is 51.0 Å². The van der Waals surface area contributed by atoms with E-state index >= 15 is 0 Å². The molecule has 1 N–H and O–H groups in total. The second-order valence-corrected chi connectivity index (χ2v) is 10.3. The molecule has 7 heteroatoms. The van der Waals surface area contributed by atoms with Crippen LogP contribution in [0.4, 0.5) is 5.69 Å². The van der Waals surface area contributed by atoms with Crippen molar-refractivity contribution >= 4 is 28.5 Å². The van der Waals surface area contributed by atoms with Gasteiger partial charge in [-0.15, -0.1) is 0 Å². The van der Waals surface area contributed by atoms with Crippen molar-refractivity contribution in [3.8, 4) is 11.4 Å². The van der Waals surface area contributed by atoms with E-state index in [1.165, 1.54) is 0 Å². The van der Waals surface area contributed by atoms with Gasteiger partial charge in [0.05, 0.1) is 11.0 Å². The highest BCUT2D eigenvalue weighted by atomic mass is 16.2. The molecule has 1 fully saturated rings. The summed E-state index contributed by atoms with van der Waals surface area (Å²) in [5.74, 6) is 1.08. The lowest BCUT2D eigenvalue weighted by molar-refractivity contribution is -0.123. The quantitative estimate of drug-likeness (QED) is 0.422. The van der Waals surface area contributed by atoms with Gasteiger partial charge in [-0.3, -0.25) is 9.59 Å². The van der Waals surface area contributed by atoms with Crippen LogP contribution >= 0.6 is 0 Å². The first-order chi connectivity index (χ1) is 17.3. The Morgan fingerprint density at radius 2 is 1.75 bits per heavy atom. The first kappa shape index (κ1) is 25.9. The van der Waals surface area contributed by atoms with Crippen LogP contribution in [0.1, 0.15) is 44.9 Å². The molecule has 2 aromatic carbocycles. The van der Waals surface area contributed by atoms with Crippen LogP contribution < -0.4 is 10.2 Å². The zero-order chi connectivity index (χ0) is 25.7. The number of para-hydroxylation sites is 2. The minimum Gasteiger partial charge on any atom is -0.353 e. The van der Waals surface area contributed by atoms with E-state index in [2.05, 4.69) is 34.9 Å². The molecule has 4 rings (SSSR count). The van der Waals surface area contributed by atoms with Crippen LogP contribution in [0.3, 0.4) is 0 Å². The lowest BCUT2D eigenvalue weighted by Gasteiger charge is -2.22. The van der Waals surface area contributed by atoms with Gasteiger partial charge in [-0.2, -0.15) is 0 Å². The van der Waals surface area contributed by atoms with E-state index in [-0.39, 0.29) is 23.8 Å². The molecule has 2 atom stereocenters. The third kappa shape index (κ3) is 6.13. The smallest absolute Gasteiger partial charge is 0.229 e. The van der Waals surface area contributed by atoms with E-state index in [1.807, 2.05) is 56.6 Å². The molecule has 2 amide bonds. The minimum absolute atomic E-state index is 0.0556. The Morgan fingerprint density at radius 1 is 1.00 bits per heavy atom. The second kappa shape index (κ2) is 11.7. The summed E-state index contributed by atoms with van der Waals surface area (Å²) < 4.78 is 2.09. The van der Waals surface area contributed by atoms with E-state index in [4.69, 9.17) is 4.98 Å². The molecule has 1 aromatic heterocycles. The first-order valence-corrected chi connectivity index (χ1v) is 13.1. The molecule has 0 spiro atoms. The number of anilines is 1. The van der Waals surface area contributed by atoms with Gasteiger partial charge in [0.25, 0.3) is 0 Å². The summed E-state index contributed by atoms with van der Waals surface area (Å²) in [5.41, 5.74) is 3.95. The molecule has 7 nitrogen and oxygen atoms in total. The van der Waals surface area contributed by atoms with Crippen LogP contribution in [-0.4, -0.2) is 60.0 Å². The van der Waals surface area contributed by atoms with Crippen molar-refractivity contribution in [3.63, 3.8) is 0 Å². The number of nitrogens with one attached hydrogen (secondary N) is 1. The van der Waals surface area contributed by atoms with Gasteiger partial charge in [-0.1, -0.05) is 18.6 Å². The van der Waals surface area contributed by atoms with Gasteiger partial charge in [-0.05, 0) is 89.1 Å². The molecule has 1 aliphatic rings. The van der Waals surface area contributed by atoms with Crippen molar-refractivity contribution in [2.24, 2.45) is 13.0 Å². The third-order valence-electron chi connectivity index (χ3n) is 7.29. The number of carbonyl (C=O) groups is 2. The summed E-state index contributed by atoms with van der Waals surface area (Å²) in [7, 11) is 8.00. The lowest BCUT2D eigenvalue weighted by atomic mass is 10.1. The summed E-state index contributed by atoms with van der Waals surface area (Å²) in [6, 6.07) is 16.2. The van der Waals surface area contributed by atoms with Gasteiger partial charge in [-0.25, -0.2) is 4.98 Å². The predicted molar refractivity (Wildman–Crippen MR) is 146 cm³/mol. The average molecular weight is 490 g/mol. The second-order valence-electron chi connectivity index (χ2n) is 10.3. The molecule has 1 aliphatic carbocycles. The number of unbranched alkanes of at least 4 members (excludes halogenated alkanes) is 2. The number of amides is 2. The van der Waals surface area contributed by atoms with Crippen molar-refractivity contribution in [1.29, 1.82) is 0 Å². The minimum atomic E-state index is -0.0556. The Bertz CT molecular complexity index is 1180. The Hall–Kier alpha value is -3.19. The van der Waals surface area contributed by atoms with Gasteiger partial charge >= 0.3 is 0 Å². The summed E-state index contributed by atoms with van der Waals surface area (Å²) in [6.45, 7) is 1.06. The summed E-state index contributed by atoms with van der Waals surface area (Å²) >= 11 is 0. The number of benzene rings is 2. The number of carbonyl (C=O) groups excluding carboxylic acids is 2. The van der Waals surface area contributed by atoms with Gasteiger partial charge < -0.3 is 19.7 Å². The molecule has 2 unspecified atom stereocenters. The normalized spacial score (nSPS) is 17.6. The Labute approximate surface area is 214 Å². The summed E-state index contributed by atoms with van der Waals surface area (Å²) in [4.78, 5) is 34.2. The van der Waals surface area contributed by atoms with Crippen molar-refractivity contribution in [1.82, 2.24) is 19.8 Å². The van der Waals surface area contributed by atoms with E-state index in [1.54, 1.807) is 4.90 Å². The van der Waals surface area contributed by atoms with Gasteiger partial charge in [0, 0.05) is 43.7 Å². The highest BCUT2D eigenvalue weighted by Crippen LogP contribution is 2.30. The van der Waals surface area contributed by atoms with Crippen LogP contribution in [0.15, 0.2) is 48.5 Å². The molecule has 3 aromatic rings. The maximum absolute atomic E-state index is 13.2. The van der Waals surface area contributed by atoms with Crippen LogP contribution in [0.5, 0.6) is 0 Å². The number of hydrogen-bond acceptors (Lipinski definition) is 4. The lowest BCUT2D eigenvalue weighted by Crippen LogP contribution is -2.35. The summed E-state index contributed by atoms with van der Waals surface area (Å²) in [6.07, 6.45) is 6.07. The van der Waals surface area contributed by atoms with Crippen LogP contribution in [0.2, 0.25) is 0 Å². The molecular formula is C29H39N5O2. The highest BCUT2D eigenvalue weighted by Gasteiger charge is 2.32. The average Bonchev–Trinajstić information content (AvgIpc) is 3.47. The van der Waals surface area contributed by atoms with E-state index < -0.39 is 0 Å². The van der Waals surface area contributed by atoms with E-state index in [9.17, 15) is 9.59 Å². The van der Waals surface area contributed by atoms with Gasteiger partial charge in [0.15, 0.2) is 0 Å². The monoisotopic (exact) mass is 489 g/mol. The van der Waals surface area contributed by atoms with Crippen LogP contribution in [0, 0.1) is 5.92 Å². The molecule has 0 aliphatic heterocycles. The first-order valence-electron chi connectivity index (χ1n) is 13.1. The standard InChI is InChI=1S/C29H39N5O2/c1-32(2)19-9-5-6-12-27(35)30-23-16-13-22(20-23)29(36)33(3)24-17-14-21(15-18-24)28-31-25-10-7-8-11-26(25)34(28)4/h7-8,10-11,14-15,17-18,22-23H,5-6,9,12-13,16,19-20H2,1-4H3,(H,30,35). The van der Waals surface area contributed by atoms with Crippen molar-refractivity contribution < 1.29 is 9.59 Å². The molecule has 0 bridgehead atoms. The number of rotatable bonds is 10. The van der Waals surface area contributed by atoms with E-state index in [0.29, 0.717) is 12.8 Å². The van der Waals surface area contributed by atoms with Crippen LogP contribution in [0.25, 0.3) is 22.4 Å². The number of imidazole rings is 1. The van der Waals surface area contributed by atoms with Crippen molar-refractivity contribution in [2.75, 3.05) is 32.6 Å². The fourth-order valence-electron chi connectivity index (χ4n) is 5.17. The molecule has 192 valence electrons. The Morgan fingerprint density at radius 3 is 2.47 bits per heavy atom. The van der Waals surface area contributed by atoms with Gasteiger partial charge in [0.2, 0.25) is 11.8 Å². The zero-order valence-corrected chi connectivity index (χ0v) is 22.0. The fraction of sp³-hybridized carbons (Fsp3) is 0.483. The number of fused-ring (bicyclic) bond motifs is 1. The molecule has 1 heterocycles. The number of aromatic nitrogens is 2. The number of hydrogen-bond donors (Lipinski definition) is 1. The predicted octanol–water partition coefficient (Wildman–Crippen LogP) is 4.61. The SMILES string of the molecule is CN(C)CCCCCC(=O)NC1CCC(C(=O)N(C)c2ccc(-c3nc4ccccc4n3C)cc2)C1. The fourth-order valence-corrected chi connectivity index (χ4v) is 5.17. The molecule has 36 heavy (non-hydrogen) atoms. The van der Waals surface area contributed by atoms with Crippen molar-refractivity contribution in [3.05, 3.63) is 48.5 Å². The van der Waals surface area contributed by atoms with Crippen LogP contribution in [-0.2, 0) is 16.6 Å². The van der Waals surface area contributed by atoms with E-state index in [0.717, 1.165) is 66.8 Å². The molecular weight excluding hydrogens is 450 g/mol. The molecule has 1 saturated carbocycles. The zero-order valence-electron chi connectivity index (χ0n) is 22.0. The maximum atomic E-state index is 13.2. The van der Waals surface area contributed by atoms with Gasteiger partial charge in [0.1, 0.15) is 5.82 Å². The number of aryl methyl sites for hydroxylation is 1. The number of nitrogens with zero attached hydrogens (tertiary/aromatic N) is 4. The highest BCUT2D eigenvalue weighted by molar-refractivity contribution is 5.95.